The lowest BCUT2D eigenvalue weighted by atomic mass is 10.0. The molecule has 162 valence electrons. The SMILES string of the molecule is O=C(NC(=S)Nc1ccc(Cl)cc1-c1nc2ccccc2s1)c1cccc2c(Cl)cccc12. The van der Waals surface area contributed by atoms with E-state index in [9.17, 15) is 4.79 Å². The first-order valence-corrected chi connectivity index (χ1v) is 11.9. The maximum atomic E-state index is 13.0. The van der Waals surface area contributed by atoms with Crippen LogP contribution in [0.25, 0.3) is 31.6 Å². The summed E-state index contributed by atoms with van der Waals surface area (Å²) in [6.07, 6.45) is 0. The highest BCUT2D eigenvalue weighted by Crippen LogP contribution is 2.36. The third kappa shape index (κ3) is 4.43. The smallest absolute Gasteiger partial charge is 0.258 e. The molecule has 0 aliphatic carbocycles. The van der Waals surface area contributed by atoms with Gasteiger partial charge in [0.1, 0.15) is 5.01 Å². The summed E-state index contributed by atoms with van der Waals surface area (Å²) < 4.78 is 1.07. The molecule has 0 unspecified atom stereocenters. The van der Waals surface area contributed by atoms with Crippen molar-refractivity contribution in [1.29, 1.82) is 0 Å². The van der Waals surface area contributed by atoms with Gasteiger partial charge in [-0.1, -0.05) is 59.6 Å². The minimum Gasteiger partial charge on any atom is -0.332 e. The fourth-order valence-corrected chi connectivity index (χ4v) is 5.19. The summed E-state index contributed by atoms with van der Waals surface area (Å²) >= 11 is 19.6. The number of amides is 1. The number of nitrogens with zero attached hydrogens (tertiary/aromatic N) is 1. The molecular weight excluding hydrogens is 493 g/mol. The largest absolute Gasteiger partial charge is 0.332 e. The quantitative estimate of drug-likeness (QED) is 0.247. The van der Waals surface area contributed by atoms with Gasteiger partial charge in [0.15, 0.2) is 5.11 Å². The van der Waals surface area contributed by atoms with Crippen molar-refractivity contribution in [1.82, 2.24) is 10.3 Å². The predicted molar refractivity (Wildman–Crippen MR) is 143 cm³/mol. The van der Waals surface area contributed by atoms with Crippen molar-refractivity contribution in [2.24, 2.45) is 0 Å². The summed E-state index contributed by atoms with van der Waals surface area (Å²) in [5.41, 5.74) is 2.90. The Balaban J connectivity index is 1.42. The molecule has 0 saturated carbocycles. The van der Waals surface area contributed by atoms with Crippen LogP contribution in [0, 0.1) is 0 Å². The average molecular weight is 508 g/mol. The van der Waals surface area contributed by atoms with Gasteiger partial charge in [0.05, 0.1) is 15.9 Å². The minimum atomic E-state index is -0.323. The van der Waals surface area contributed by atoms with E-state index in [-0.39, 0.29) is 11.0 Å². The van der Waals surface area contributed by atoms with E-state index in [1.807, 2.05) is 54.6 Å². The number of para-hydroxylation sites is 1. The summed E-state index contributed by atoms with van der Waals surface area (Å²) in [6.45, 7) is 0. The lowest BCUT2D eigenvalue weighted by molar-refractivity contribution is 0.0979. The molecule has 5 rings (SSSR count). The zero-order chi connectivity index (χ0) is 22.9. The molecule has 0 spiro atoms. The Hall–Kier alpha value is -3.03. The van der Waals surface area contributed by atoms with E-state index in [1.165, 1.54) is 0 Å². The summed E-state index contributed by atoms with van der Waals surface area (Å²) in [7, 11) is 0. The van der Waals surface area contributed by atoms with Gasteiger partial charge in [-0.25, -0.2) is 4.98 Å². The second-order valence-electron chi connectivity index (χ2n) is 7.23. The van der Waals surface area contributed by atoms with Crippen LogP contribution in [0.5, 0.6) is 0 Å². The lowest BCUT2D eigenvalue weighted by Crippen LogP contribution is -2.34. The maximum Gasteiger partial charge on any atom is 0.258 e. The number of fused-ring (bicyclic) bond motifs is 2. The molecule has 0 saturated heterocycles. The molecule has 1 amide bonds. The van der Waals surface area contributed by atoms with Crippen molar-refractivity contribution in [3.8, 4) is 10.6 Å². The molecule has 0 aliphatic rings. The first-order chi connectivity index (χ1) is 16.0. The Morgan fingerprint density at radius 1 is 0.909 bits per heavy atom. The maximum absolute atomic E-state index is 13.0. The molecule has 0 atom stereocenters. The molecule has 5 aromatic rings. The molecule has 8 heteroatoms. The molecule has 1 heterocycles. The second-order valence-corrected chi connectivity index (χ2v) is 9.51. The molecule has 1 aromatic heterocycles. The molecule has 0 aliphatic heterocycles. The van der Waals surface area contributed by atoms with Gasteiger partial charge < -0.3 is 5.32 Å². The first-order valence-electron chi connectivity index (χ1n) is 9.95. The molecule has 0 radical (unpaired) electrons. The van der Waals surface area contributed by atoms with Crippen molar-refractivity contribution >= 4 is 84.5 Å². The second kappa shape index (κ2) is 9.08. The molecule has 2 N–H and O–H groups in total. The number of rotatable bonds is 3. The number of hydrogen-bond donors (Lipinski definition) is 2. The Bertz CT molecular complexity index is 1510. The van der Waals surface area contributed by atoms with Crippen LogP contribution in [0.4, 0.5) is 5.69 Å². The molecule has 0 fully saturated rings. The summed E-state index contributed by atoms with van der Waals surface area (Å²) in [5, 5.41) is 9.59. The lowest BCUT2D eigenvalue weighted by Gasteiger charge is -2.14. The highest BCUT2D eigenvalue weighted by molar-refractivity contribution is 7.80. The molecule has 4 nitrogen and oxygen atoms in total. The fourth-order valence-electron chi connectivity index (χ4n) is 3.58. The minimum absolute atomic E-state index is 0.170. The van der Waals surface area contributed by atoms with Crippen LogP contribution < -0.4 is 10.6 Å². The number of carbonyl (C=O) groups is 1. The number of nitrogens with one attached hydrogen (secondary N) is 2. The van der Waals surface area contributed by atoms with E-state index in [4.69, 9.17) is 40.4 Å². The van der Waals surface area contributed by atoms with E-state index in [0.717, 1.165) is 31.6 Å². The zero-order valence-corrected chi connectivity index (χ0v) is 20.1. The van der Waals surface area contributed by atoms with Crippen LogP contribution in [0.15, 0.2) is 78.9 Å². The number of hydrogen-bond acceptors (Lipinski definition) is 4. The van der Waals surface area contributed by atoms with Crippen LogP contribution in [-0.4, -0.2) is 16.0 Å². The van der Waals surface area contributed by atoms with Crippen LogP contribution in [0.3, 0.4) is 0 Å². The number of halogens is 2. The van der Waals surface area contributed by atoms with Gasteiger partial charge in [0.25, 0.3) is 5.91 Å². The summed E-state index contributed by atoms with van der Waals surface area (Å²) in [4.78, 5) is 17.7. The van der Waals surface area contributed by atoms with E-state index in [0.29, 0.717) is 21.3 Å². The number of thiocarbonyl (C=S) groups is 1. The Morgan fingerprint density at radius 3 is 2.55 bits per heavy atom. The topological polar surface area (TPSA) is 54.0 Å². The molecular formula is C25H15Cl2N3OS2. The van der Waals surface area contributed by atoms with Crippen LogP contribution in [0.1, 0.15) is 10.4 Å². The highest BCUT2D eigenvalue weighted by atomic mass is 35.5. The molecule has 0 bridgehead atoms. The third-order valence-electron chi connectivity index (χ3n) is 5.09. The standard InChI is InChI=1S/C25H15Cl2N3OS2/c26-14-11-12-20(18(13-14)24-28-21-9-1-2-10-22(21)33-24)29-25(32)30-23(31)17-7-3-6-16-15(17)5-4-8-19(16)27/h1-13H,(H2,29,30,31,32). The van der Waals surface area contributed by atoms with E-state index >= 15 is 0 Å². The first kappa shape index (κ1) is 21.8. The summed E-state index contributed by atoms with van der Waals surface area (Å²) in [6, 6.07) is 24.2. The van der Waals surface area contributed by atoms with Gasteiger partial charge in [0.2, 0.25) is 0 Å². The van der Waals surface area contributed by atoms with Gasteiger partial charge in [0, 0.05) is 26.6 Å². The highest BCUT2D eigenvalue weighted by Gasteiger charge is 2.16. The molecule has 4 aromatic carbocycles. The fraction of sp³-hybridized carbons (Fsp3) is 0. The number of anilines is 1. The third-order valence-corrected chi connectivity index (χ3v) is 6.93. The van der Waals surface area contributed by atoms with Gasteiger partial charge in [-0.3, -0.25) is 10.1 Å². The van der Waals surface area contributed by atoms with Crippen molar-refractivity contribution in [2.75, 3.05) is 5.32 Å². The monoisotopic (exact) mass is 507 g/mol. The Labute approximate surface area is 209 Å². The predicted octanol–water partition coefficient (Wildman–Crippen LogP) is 7.55. The number of benzene rings is 4. The van der Waals surface area contributed by atoms with Crippen molar-refractivity contribution < 1.29 is 4.79 Å². The van der Waals surface area contributed by atoms with E-state index in [2.05, 4.69) is 10.6 Å². The number of aromatic nitrogens is 1. The van der Waals surface area contributed by atoms with Gasteiger partial charge in [-0.15, -0.1) is 11.3 Å². The van der Waals surface area contributed by atoms with Gasteiger partial charge >= 0.3 is 0 Å². The normalized spacial score (nSPS) is 11.0. The van der Waals surface area contributed by atoms with Crippen LogP contribution in [-0.2, 0) is 0 Å². The van der Waals surface area contributed by atoms with Crippen LogP contribution >= 0.6 is 46.8 Å². The van der Waals surface area contributed by atoms with Crippen molar-refractivity contribution in [2.45, 2.75) is 0 Å². The van der Waals surface area contributed by atoms with Crippen LogP contribution in [0.2, 0.25) is 10.0 Å². The summed E-state index contributed by atoms with van der Waals surface area (Å²) in [5.74, 6) is -0.323. The Kier molecular flexibility index (Phi) is 6.00. The Morgan fingerprint density at radius 2 is 1.70 bits per heavy atom. The van der Waals surface area contributed by atoms with E-state index < -0.39 is 0 Å². The van der Waals surface area contributed by atoms with Gasteiger partial charge in [-0.05, 0) is 60.1 Å². The van der Waals surface area contributed by atoms with Crippen molar-refractivity contribution in [3.63, 3.8) is 0 Å². The molecule has 33 heavy (non-hydrogen) atoms. The number of carbonyl (C=O) groups excluding carboxylic acids is 1. The van der Waals surface area contributed by atoms with E-state index in [1.54, 1.807) is 35.6 Å². The average Bonchev–Trinajstić information content (AvgIpc) is 3.24. The van der Waals surface area contributed by atoms with Crippen molar-refractivity contribution in [3.05, 3.63) is 94.5 Å². The van der Waals surface area contributed by atoms with Gasteiger partial charge in [-0.2, -0.15) is 0 Å². The zero-order valence-electron chi connectivity index (χ0n) is 16.9. The number of thiazole rings is 1.